The number of hydrogen-bond donors (Lipinski definition) is 2. The maximum Gasteiger partial charge on any atom is 0.325 e. The smallest absolute Gasteiger partial charge is 0.324 e. The molecule has 1 saturated heterocycles. The normalized spacial score (nSPS) is 18.6. The second-order valence-corrected chi connectivity index (χ2v) is 8.63. The number of anilines is 1. The van der Waals surface area contributed by atoms with Crippen molar-refractivity contribution in [1.29, 1.82) is 0 Å². The predicted molar refractivity (Wildman–Crippen MR) is 114 cm³/mol. The fourth-order valence-corrected chi connectivity index (χ4v) is 3.38. The fraction of sp³-hybridized carbons (Fsp3) is 0.318. The highest BCUT2D eigenvalue weighted by Gasteiger charge is 2.49. The Morgan fingerprint density at radius 3 is 2.39 bits per heavy atom. The summed E-state index contributed by atoms with van der Waals surface area (Å²) in [4.78, 5) is 49.0. The maximum atomic E-state index is 13.0. The summed E-state index contributed by atoms with van der Waals surface area (Å²) in [7, 11) is 0. The van der Waals surface area contributed by atoms with Gasteiger partial charge >= 0.3 is 6.03 Å². The van der Waals surface area contributed by atoms with Gasteiger partial charge in [-0.2, -0.15) is 0 Å². The van der Waals surface area contributed by atoms with Gasteiger partial charge in [0.15, 0.2) is 0 Å². The Labute approximate surface area is 179 Å². The number of nitro benzene ring substituents is 1. The Morgan fingerprint density at radius 2 is 1.81 bits per heavy atom. The van der Waals surface area contributed by atoms with Gasteiger partial charge in [0.25, 0.3) is 11.6 Å². The molecule has 2 aromatic rings. The molecule has 0 bridgehead atoms. The number of carbonyl (C=O) groups excluding carboxylic acids is 3. The zero-order valence-electron chi connectivity index (χ0n) is 17.8. The highest BCUT2D eigenvalue weighted by molar-refractivity contribution is 6.10. The molecule has 0 spiro atoms. The van der Waals surface area contributed by atoms with Crippen LogP contribution in [0.15, 0.2) is 48.5 Å². The van der Waals surface area contributed by atoms with E-state index in [1.54, 1.807) is 19.1 Å². The molecule has 0 aliphatic carbocycles. The minimum Gasteiger partial charge on any atom is -0.324 e. The van der Waals surface area contributed by atoms with Crippen molar-refractivity contribution in [2.24, 2.45) is 0 Å². The van der Waals surface area contributed by atoms with Gasteiger partial charge < -0.3 is 10.6 Å². The van der Waals surface area contributed by atoms with Crippen LogP contribution in [0.2, 0.25) is 0 Å². The molecule has 2 N–H and O–H groups in total. The quantitative estimate of drug-likeness (QED) is 0.433. The summed E-state index contributed by atoms with van der Waals surface area (Å²) in [6.07, 6.45) is 0. The van der Waals surface area contributed by atoms with E-state index < -0.39 is 34.9 Å². The Morgan fingerprint density at radius 1 is 1.16 bits per heavy atom. The highest BCUT2D eigenvalue weighted by Crippen LogP contribution is 2.31. The number of rotatable bonds is 5. The van der Waals surface area contributed by atoms with Crippen molar-refractivity contribution >= 4 is 29.2 Å². The van der Waals surface area contributed by atoms with Gasteiger partial charge in [-0.1, -0.05) is 51.1 Å². The predicted octanol–water partition coefficient (Wildman–Crippen LogP) is 3.30. The third kappa shape index (κ3) is 4.40. The van der Waals surface area contributed by atoms with E-state index in [2.05, 4.69) is 31.4 Å². The fourth-order valence-electron chi connectivity index (χ4n) is 3.38. The highest BCUT2D eigenvalue weighted by atomic mass is 16.6. The Balaban J connectivity index is 1.74. The van der Waals surface area contributed by atoms with Gasteiger partial charge in [0.05, 0.1) is 4.92 Å². The summed E-state index contributed by atoms with van der Waals surface area (Å²) in [5.41, 5.74) is 0.370. The number of nitrogens with zero attached hydrogens (tertiary/aromatic N) is 2. The molecular formula is C22H24N4O5. The number of benzene rings is 2. The van der Waals surface area contributed by atoms with Crippen LogP contribution in [-0.4, -0.2) is 34.2 Å². The summed E-state index contributed by atoms with van der Waals surface area (Å²) in [6.45, 7) is 7.32. The van der Waals surface area contributed by atoms with Gasteiger partial charge in [-0.3, -0.25) is 24.6 Å². The third-order valence-corrected chi connectivity index (χ3v) is 5.25. The number of amides is 4. The number of urea groups is 1. The van der Waals surface area contributed by atoms with Crippen molar-refractivity contribution < 1.29 is 19.3 Å². The first-order valence-electron chi connectivity index (χ1n) is 9.71. The molecule has 2 aromatic carbocycles. The van der Waals surface area contributed by atoms with Crippen molar-refractivity contribution in [3.8, 4) is 0 Å². The van der Waals surface area contributed by atoms with Gasteiger partial charge in [0.2, 0.25) is 5.91 Å². The van der Waals surface area contributed by atoms with Gasteiger partial charge in [0.1, 0.15) is 12.1 Å². The molecule has 162 valence electrons. The lowest BCUT2D eigenvalue weighted by molar-refractivity contribution is -0.384. The van der Waals surface area contributed by atoms with E-state index in [0.29, 0.717) is 5.56 Å². The lowest BCUT2D eigenvalue weighted by Crippen LogP contribution is -2.42. The molecule has 0 radical (unpaired) electrons. The SMILES string of the molecule is CC(C)(C)c1ccc(C2(C)NC(=O)N(CC(=O)Nc3cccc([N+](=O)[O-])c3)C2=O)cc1. The van der Waals surface area contributed by atoms with Crippen molar-refractivity contribution in [1.82, 2.24) is 10.2 Å². The van der Waals surface area contributed by atoms with E-state index in [-0.39, 0.29) is 16.8 Å². The first kappa shape index (κ1) is 21.9. The van der Waals surface area contributed by atoms with E-state index >= 15 is 0 Å². The minimum absolute atomic E-state index is 0.0565. The molecule has 9 nitrogen and oxygen atoms in total. The Bertz CT molecular complexity index is 1060. The van der Waals surface area contributed by atoms with Crippen LogP contribution in [0.3, 0.4) is 0 Å². The van der Waals surface area contributed by atoms with Crippen LogP contribution in [0.1, 0.15) is 38.8 Å². The largest absolute Gasteiger partial charge is 0.325 e. The lowest BCUT2D eigenvalue weighted by Gasteiger charge is -2.24. The summed E-state index contributed by atoms with van der Waals surface area (Å²) >= 11 is 0. The van der Waals surface area contributed by atoms with Crippen LogP contribution in [0, 0.1) is 10.1 Å². The maximum absolute atomic E-state index is 13.0. The molecule has 1 aliphatic heterocycles. The number of imide groups is 1. The summed E-state index contributed by atoms with van der Waals surface area (Å²) in [5, 5.41) is 16.0. The monoisotopic (exact) mass is 424 g/mol. The van der Waals surface area contributed by atoms with Crippen molar-refractivity contribution in [2.45, 2.75) is 38.6 Å². The molecule has 4 amide bonds. The van der Waals surface area contributed by atoms with E-state index in [4.69, 9.17) is 0 Å². The molecule has 0 aromatic heterocycles. The number of non-ortho nitro benzene ring substituents is 1. The molecule has 1 aliphatic rings. The number of hydrogen-bond acceptors (Lipinski definition) is 5. The molecule has 1 unspecified atom stereocenters. The van der Waals surface area contributed by atoms with Gasteiger partial charge in [-0.25, -0.2) is 4.79 Å². The molecule has 0 saturated carbocycles. The molecule has 1 fully saturated rings. The van der Waals surface area contributed by atoms with Gasteiger partial charge in [-0.05, 0) is 29.5 Å². The number of nitrogens with one attached hydrogen (secondary N) is 2. The van der Waals surface area contributed by atoms with Crippen molar-refractivity contribution in [3.05, 3.63) is 69.8 Å². The van der Waals surface area contributed by atoms with E-state index in [1.165, 1.54) is 24.3 Å². The zero-order valence-corrected chi connectivity index (χ0v) is 17.8. The topological polar surface area (TPSA) is 122 Å². The van der Waals surface area contributed by atoms with Gasteiger partial charge in [0, 0.05) is 17.8 Å². The van der Waals surface area contributed by atoms with Crippen LogP contribution in [0.25, 0.3) is 0 Å². The Kier molecular flexibility index (Phi) is 5.54. The average Bonchev–Trinajstić information content (AvgIpc) is 2.91. The van der Waals surface area contributed by atoms with Crippen LogP contribution in [0.4, 0.5) is 16.2 Å². The second-order valence-electron chi connectivity index (χ2n) is 8.63. The molecule has 1 atom stereocenters. The second kappa shape index (κ2) is 7.82. The molecule has 3 rings (SSSR count). The third-order valence-electron chi connectivity index (χ3n) is 5.25. The molecule has 31 heavy (non-hydrogen) atoms. The lowest BCUT2D eigenvalue weighted by atomic mass is 9.84. The van der Waals surface area contributed by atoms with Crippen LogP contribution >= 0.6 is 0 Å². The summed E-state index contributed by atoms with van der Waals surface area (Å²) in [5.74, 6) is -1.19. The summed E-state index contributed by atoms with van der Waals surface area (Å²) < 4.78 is 0. The van der Waals surface area contributed by atoms with Crippen molar-refractivity contribution in [3.63, 3.8) is 0 Å². The first-order chi connectivity index (χ1) is 14.4. The van der Waals surface area contributed by atoms with E-state index in [0.717, 1.165) is 10.5 Å². The minimum atomic E-state index is -1.29. The molecular weight excluding hydrogens is 400 g/mol. The summed E-state index contributed by atoms with van der Waals surface area (Å²) in [6, 6.07) is 12.2. The van der Waals surface area contributed by atoms with Gasteiger partial charge in [-0.15, -0.1) is 0 Å². The number of nitro groups is 1. The average molecular weight is 424 g/mol. The number of carbonyl (C=O) groups is 3. The standard InChI is InChI=1S/C22H24N4O5/c1-21(2,3)14-8-10-15(11-9-14)22(4)19(28)25(20(29)24-22)13-18(27)23-16-6-5-7-17(12-16)26(30)31/h5-12H,13H2,1-4H3,(H,23,27)(H,24,29). The molecule has 9 heteroatoms. The van der Waals surface area contributed by atoms with E-state index in [9.17, 15) is 24.5 Å². The van der Waals surface area contributed by atoms with E-state index in [1.807, 2.05) is 12.1 Å². The zero-order chi connectivity index (χ0) is 23.0. The first-order valence-corrected chi connectivity index (χ1v) is 9.71. The Hall–Kier alpha value is -3.75. The van der Waals surface area contributed by atoms with Crippen molar-refractivity contribution in [2.75, 3.05) is 11.9 Å². The van der Waals surface area contributed by atoms with Crippen LogP contribution in [0.5, 0.6) is 0 Å². The van der Waals surface area contributed by atoms with Crippen LogP contribution in [-0.2, 0) is 20.5 Å². The van der Waals surface area contributed by atoms with Crippen LogP contribution < -0.4 is 10.6 Å². The molecule has 1 heterocycles.